The lowest BCUT2D eigenvalue weighted by molar-refractivity contribution is 0.463. The molecule has 1 aromatic rings. The average molecular weight is 155 g/mol. The van der Waals surface area contributed by atoms with Crippen LogP contribution in [-0.2, 0) is 0 Å². The first kappa shape index (κ1) is 7.28. The van der Waals surface area contributed by atoms with E-state index >= 15 is 0 Å². The van der Waals surface area contributed by atoms with E-state index in [0.29, 0.717) is 5.69 Å². The van der Waals surface area contributed by atoms with Crippen LogP contribution in [0.1, 0.15) is 0 Å². The number of phenols is 1. The van der Waals surface area contributed by atoms with Gasteiger partial charge in [0.1, 0.15) is 5.75 Å². The number of phenolic OH excluding ortho intramolecular Hbond substituents is 1. The van der Waals surface area contributed by atoms with E-state index < -0.39 is 0 Å². The number of benzene rings is 1. The molecule has 3 N–H and O–H groups in total. The molecular weight excluding hydrogens is 146 g/mol. The Kier molecular flexibility index (Phi) is 2.06. The van der Waals surface area contributed by atoms with Gasteiger partial charge in [0.25, 0.3) is 0 Å². The summed E-state index contributed by atoms with van der Waals surface area (Å²) in [4.78, 5) is 0.856. The Hall–Kier alpha value is -0.830. The van der Waals surface area contributed by atoms with E-state index in [2.05, 4.69) is 0 Å². The maximum absolute atomic E-state index is 9.19. The lowest BCUT2D eigenvalue weighted by Gasteiger charge is -2.00. The summed E-state index contributed by atoms with van der Waals surface area (Å²) in [5.41, 5.74) is 6.01. The van der Waals surface area contributed by atoms with Crippen LogP contribution in [0.3, 0.4) is 0 Å². The van der Waals surface area contributed by atoms with Crippen molar-refractivity contribution in [3.05, 3.63) is 18.2 Å². The van der Waals surface area contributed by atoms with Crippen molar-refractivity contribution in [2.75, 3.05) is 12.0 Å². The number of aromatic hydroxyl groups is 1. The van der Waals surface area contributed by atoms with E-state index in [1.807, 2.05) is 6.26 Å². The molecule has 1 rings (SSSR count). The highest BCUT2D eigenvalue weighted by Gasteiger charge is 1.97. The summed E-state index contributed by atoms with van der Waals surface area (Å²) in [6, 6.07) is 5.12. The van der Waals surface area contributed by atoms with Gasteiger partial charge in [-0.25, -0.2) is 0 Å². The monoisotopic (exact) mass is 155 g/mol. The first-order valence-corrected chi connectivity index (χ1v) is 4.09. The van der Waals surface area contributed by atoms with Crippen molar-refractivity contribution in [3.8, 4) is 5.75 Å². The molecule has 0 unspecified atom stereocenters. The summed E-state index contributed by atoms with van der Waals surface area (Å²) in [6.45, 7) is 0. The summed E-state index contributed by atoms with van der Waals surface area (Å²) < 4.78 is 0. The minimum absolute atomic E-state index is 0.257. The predicted molar refractivity (Wildman–Crippen MR) is 44.3 cm³/mol. The fourth-order valence-corrected chi connectivity index (χ4v) is 1.18. The maximum atomic E-state index is 9.19. The van der Waals surface area contributed by atoms with Crippen molar-refractivity contribution < 1.29 is 5.11 Å². The molecular formula is C7H9NOS. The summed E-state index contributed by atoms with van der Waals surface area (Å²) in [6.07, 6.45) is 1.91. The number of hydrogen-bond donors (Lipinski definition) is 2. The molecule has 54 valence electrons. The molecule has 0 fully saturated rings. The van der Waals surface area contributed by atoms with Crippen LogP contribution < -0.4 is 5.73 Å². The van der Waals surface area contributed by atoms with Crippen LogP contribution in [0.5, 0.6) is 5.75 Å². The third-order valence-electron chi connectivity index (χ3n) is 1.20. The zero-order valence-corrected chi connectivity index (χ0v) is 6.48. The van der Waals surface area contributed by atoms with Crippen LogP contribution in [0.4, 0.5) is 5.69 Å². The minimum atomic E-state index is 0.257. The number of nitrogen functional groups attached to an aromatic ring is 1. The van der Waals surface area contributed by atoms with Gasteiger partial charge in [-0.15, -0.1) is 11.8 Å². The van der Waals surface area contributed by atoms with Crippen molar-refractivity contribution in [2.45, 2.75) is 4.90 Å². The highest BCUT2D eigenvalue weighted by atomic mass is 32.2. The Bertz CT molecular complexity index is 237. The van der Waals surface area contributed by atoms with Gasteiger partial charge in [-0.2, -0.15) is 0 Å². The van der Waals surface area contributed by atoms with Gasteiger partial charge in [0.2, 0.25) is 0 Å². The normalized spacial score (nSPS) is 9.70. The van der Waals surface area contributed by atoms with Crippen molar-refractivity contribution in [1.82, 2.24) is 0 Å². The summed E-state index contributed by atoms with van der Waals surface area (Å²) in [5, 5.41) is 9.19. The third-order valence-corrected chi connectivity index (χ3v) is 1.99. The number of nitrogens with two attached hydrogens (primary N) is 1. The fraction of sp³-hybridized carbons (Fsp3) is 0.143. The lowest BCUT2D eigenvalue weighted by atomic mass is 10.3. The van der Waals surface area contributed by atoms with Gasteiger partial charge in [-0.1, -0.05) is 0 Å². The van der Waals surface area contributed by atoms with E-state index in [4.69, 9.17) is 5.73 Å². The van der Waals surface area contributed by atoms with Crippen LogP contribution in [0.2, 0.25) is 0 Å². The zero-order valence-electron chi connectivity index (χ0n) is 5.66. The van der Waals surface area contributed by atoms with Crippen molar-refractivity contribution in [2.24, 2.45) is 0 Å². The van der Waals surface area contributed by atoms with E-state index in [9.17, 15) is 5.11 Å². The highest BCUT2D eigenvalue weighted by Crippen LogP contribution is 2.27. The third kappa shape index (κ3) is 1.36. The Morgan fingerprint density at radius 3 is 2.70 bits per heavy atom. The molecule has 0 bridgehead atoms. The molecule has 2 nitrogen and oxygen atoms in total. The van der Waals surface area contributed by atoms with E-state index in [-0.39, 0.29) is 5.75 Å². The van der Waals surface area contributed by atoms with Gasteiger partial charge in [0, 0.05) is 16.6 Å². The van der Waals surface area contributed by atoms with Crippen molar-refractivity contribution in [1.29, 1.82) is 0 Å². The second-order valence-electron chi connectivity index (χ2n) is 1.93. The average Bonchev–Trinajstić information content (AvgIpc) is 1.88. The van der Waals surface area contributed by atoms with Crippen molar-refractivity contribution in [3.63, 3.8) is 0 Å². The zero-order chi connectivity index (χ0) is 7.56. The second-order valence-corrected chi connectivity index (χ2v) is 2.78. The first-order valence-electron chi connectivity index (χ1n) is 2.86. The molecule has 0 saturated heterocycles. The minimum Gasteiger partial charge on any atom is -0.507 e. The van der Waals surface area contributed by atoms with Crippen molar-refractivity contribution >= 4 is 17.4 Å². The van der Waals surface area contributed by atoms with E-state index in [1.54, 1.807) is 18.2 Å². The SMILES string of the molecule is CSc1ccc(N)cc1O. The number of hydrogen-bond acceptors (Lipinski definition) is 3. The smallest absolute Gasteiger partial charge is 0.131 e. The highest BCUT2D eigenvalue weighted by molar-refractivity contribution is 7.98. The largest absolute Gasteiger partial charge is 0.507 e. The standard InChI is InChI=1S/C7H9NOS/c1-10-7-3-2-5(8)4-6(7)9/h2-4,9H,8H2,1H3. The number of thioether (sulfide) groups is 1. The number of rotatable bonds is 1. The van der Waals surface area contributed by atoms with Gasteiger partial charge < -0.3 is 10.8 Å². The molecule has 0 aliphatic carbocycles. The fourth-order valence-electron chi connectivity index (χ4n) is 0.707. The van der Waals surface area contributed by atoms with Gasteiger partial charge in [-0.05, 0) is 18.4 Å². The molecule has 0 radical (unpaired) electrons. The summed E-state index contributed by atoms with van der Waals surface area (Å²) >= 11 is 1.50. The molecule has 3 heteroatoms. The quantitative estimate of drug-likeness (QED) is 0.479. The van der Waals surface area contributed by atoms with Gasteiger partial charge in [0.05, 0.1) is 0 Å². The van der Waals surface area contributed by atoms with Crippen LogP contribution in [0.25, 0.3) is 0 Å². The maximum Gasteiger partial charge on any atom is 0.131 e. The van der Waals surface area contributed by atoms with Crippen LogP contribution in [0.15, 0.2) is 23.1 Å². The molecule has 0 heterocycles. The van der Waals surface area contributed by atoms with Crippen LogP contribution in [-0.4, -0.2) is 11.4 Å². The summed E-state index contributed by atoms with van der Waals surface area (Å²) in [7, 11) is 0. The van der Waals surface area contributed by atoms with E-state index in [1.165, 1.54) is 11.8 Å². The Labute approximate surface area is 64.1 Å². The molecule has 0 aliphatic rings. The molecule has 0 atom stereocenters. The second kappa shape index (κ2) is 2.84. The molecule has 10 heavy (non-hydrogen) atoms. The van der Waals surface area contributed by atoms with Crippen LogP contribution >= 0.6 is 11.8 Å². The van der Waals surface area contributed by atoms with Gasteiger partial charge >= 0.3 is 0 Å². The predicted octanol–water partition coefficient (Wildman–Crippen LogP) is 1.70. The Morgan fingerprint density at radius 2 is 2.20 bits per heavy atom. The molecule has 0 spiro atoms. The molecule has 0 saturated carbocycles. The molecule has 0 aromatic heterocycles. The first-order chi connectivity index (χ1) is 4.74. The molecule has 0 aliphatic heterocycles. The lowest BCUT2D eigenvalue weighted by Crippen LogP contribution is -1.83. The van der Waals surface area contributed by atoms with E-state index in [0.717, 1.165) is 4.90 Å². The Balaban J connectivity index is 3.07. The Morgan fingerprint density at radius 1 is 1.50 bits per heavy atom. The summed E-state index contributed by atoms with van der Waals surface area (Å²) in [5.74, 6) is 0.257. The van der Waals surface area contributed by atoms with Gasteiger partial charge in [0.15, 0.2) is 0 Å². The molecule has 1 aromatic carbocycles. The van der Waals surface area contributed by atoms with Gasteiger partial charge in [-0.3, -0.25) is 0 Å². The van der Waals surface area contributed by atoms with Crippen LogP contribution in [0, 0.1) is 0 Å². The number of anilines is 1. The topological polar surface area (TPSA) is 46.2 Å². The molecule has 0 amide bonds.